The smallest absolute Gasteiger partial charge is 0.226 e. The van der Waals surface area contributed by atoms with Crippen LogP contribution in [0.2, 0.25) is 5.15 Å². The highest BCUT2D eigenvalue weighted by Gasteiger charge is 2.28. The molecular weight excluding hydrogens is 288 g/mol. The van der Waals surface area contributed by atoms with Crippen molar-refractivity contribution in [2.75, 3.05) is 6.61 Å². The van der Waals surface area contributed by atoms with E-state index in [-0.39, 0.29) is 0 Å². The summed E-state index contributed by atoms with van der Waals surface area (Å²) in [6.45, 7) is 4.46. The van der Waals surface area contributed by atoms with E-state index in [0.717, 1.165) is 30.0 Å². The summed E-state index contributed by atoms with van der Waals surface area (Å²) < 4.78 is 11.3. The zero-order chi connectivity index (χ0) is 14.8. The number of benzene rings is 1. The molecule has 1 aliphatic rings. The van der Waals surface area contributed by atoms with Crippen LogP contribution in [0.15, 0.2) is 24.3 Å². The number of halogens is 1. The minimum atomic E-state index is 0.436. The lowest BCUT2D eigenvalue weighted by molar-refractivity contribution is 0.339. The fourth-order valence-corrected chi connectivity index (χ4v) is 2.16. The summed E-state index contributed by atoms with van der Waals surface area (Å²) in [6.07, 6.45) is 2.25. The van der Waals surface area contributed by atoms with Crippen LogP contribution in [0.3, 0.4) is 0 Å². The third-order valence-electron chi connectivity index (χ3n) is 3.35. The molecule has 5 heteroatoms. The van der Waals surface area contributed by atoms with E-state index in [2.05, 4.69) is 9.97 Å². The molecule has 0 saturated heterocycles. The molecule has 0 amide bonds. The lowest BCUT2D eigenvalue weighted by atomic mass is 10.3. The van der Waals surface area contributed by atoms with Gasteiger partial charge >= 0.3 is 0 Å². The van der Waals surface area contributed by atoms with Gasteiger partial charge in [0, 0.05) is 11.5 Å². The molecule has 0 N–H and O–H groups in total. The highest BCUT2D eigenvalue weighted by molar-refractivity contribution is 6.30. The van der Waals surface area contributed by atoms with Crippen molar-refractivity contribution in [3.8, 4) is 17.4 Å². The molecule has 0 radical (unpaired) electrons. The Morgan fingerprint density at radius 2 is 1.81 bits per heavy atom. The van der Waals surface area contributed by atoms with E-state index in [4.69, 9.17) is 21.1 Å². The molecule has 3 rings (SSSR count). The van der Waals surface area contributed by atoms with Crippen molar-refractivity contribution in [2.24, 2.45) is 0 Å². The van der Waals surface area contributed by atoms with Crippen LogP contribution in [-0.2, 0) is 0 Å². The van der Waals surface area contributed by atoms with Gasteiger partial charge in [-0.2, -0.15) is 4.98 Å². The van der Waals surface area contributed by atoms with Gasteiger partial charge < -0.3 is 9.47 Å². The Kier molecular flexibility index (Phi) is 3.97. The maximum absolute atomic E-state index is 6.17. The molecule has 1 aromatic carbocycles. The fraction of sp³-hybridized carbons (Fsp3) is 0.375. The largest absolute Gasteiger partial charge is 0.494 e. The zero-order valence-electron chi connectivity index (χ0n) is 12.1. The first-order chi connectivity index (χ1) is 10.2. The molecule has 0 atom stereocenters. The van der Waals surface area contributed by atoms with E-state index in [1.807, 2.05) is 38.1 Å². The quantitative estimate of drug-likeness (QED) is 0.763. The van der Waals surface area contributed by atoms with Crippen LogP contribution in [-0.4, -0.2) is 16.6 Å². The highest BCUT2D eigenvalue weighted by Crippen LogP contribution is 2.40. The van der Waals surface area contributed by atoms with Crippen LogP contribution < -0.4 is 9.47 Å². The summed E-state index contributed by atoms with van der Waals surface area (Å²) in [5.41, 5.74) is 0.759. The third-order valence-corrected chi connectivity index (χ3v) is 3.72. The maximum Gasteiger partial charge on any atom is 0.226 e. The minimum absolute atomic E-state index is 0.436. The number of rotatable bonds is 5. The van der Waals surface area contributed by atoms with Gasteiger partial charge in [0.25, 0.3) is 0 Å². The maximum atomic E-state index is 6.17. The van der Waals surface area contributed by atoms with E-state index in [9.17, 15) is 0 Å². The van der Waals surface area contributed by atoms with Crippen molar-refractivity contribution >= 4 is 11.6 Å². The Labute approximate surface area is 129 Å². The van der Waals surface area contributed by atoms with E-state index >= 15 is 0 Å². The summed E-state index contributed by atoms with van der Waals surface area (Å²) in [5, 5.41) is 0.466. The second-order valence-corrected chi connectivity index (χ2v) is 5.44. The van der Waals surface area contributed by atoms with Crippen LogP contribution >= 0.6 is 11.6 Å². The molecular formula is C16H17ClN2O2. The molecule has 21 heavy (non-hydrogen) atoms. The van der Waals surface area contributed by atoms with Gasteiger partial charge in [-0.3, -0.25) is 0 Å². The average molecular weight is 305 g/mol. The molecule has 0 bridgehead atoms. The number of nitrogens with zero attached hydrogens (tertiary/aromatic N) is 2. The third kappa shape index (κ3) is 3.27. The van der Waals surface area contributed by atoms with Gasteiger partial charge in [-0.1, -0.05) is 11.6 Å². The number of hydrogen-bond donors (Lipinski definition) is 0. The lowest BCUT2D eigenvalue weighted by Crippen LogP contribution is -2.00. The number of ether oxygens (including phenoxy) is 2. The lowest BCUT2D eigenvalue weighted by Gasteiger charge is -2.11. The van der Waals surface area contributed by atoms with Crippen LogP contribution in [0.5, 0.6) is 17.4 Å². The molecule has 110 valence electrons. The first kappa shape index (κ1) is 14.1. The molecule has 1 fully saturated rings. The van der Waals surface area contributed by atoms with Gasteiger partial charge in [0.1, 0.15) is 22.5 Å². The second kappa shape index (κ2) is 5.90. The van der Waals surface area contributed by atoms with Crippen molar-refractivity contribution in [1.29, 1.82) is 0 Å². The molecule has 0 aliphatic heterocycles. The Morgan fingerprint density at radius 1 is 1.14 bits per heavy atom. The zero-order valence-corrected chi connectivity index (χ0v) is 12.9. The van der Waals surface area contributed by atoms with Crippen molar-refractivity contribution < 1.29 is 9.47 Å². The number of aromatic nitrogens is 2. The van der Waals surface area contributed by atoms with E-state index < -0.39 is 0 Å². The SMILES string of the molecule is CCOc1ccc(Oc2nc(C3CC3)nc(Cl)c2C)cc1. The predicted molar refractivity (Wildman–Crippen MR) is 81.4 cm³/mol. The second-order valence-electron chi connectivity index (χ2n) is 5.08. The summed E-state index contributed by atoms with van der Waals surface area (Å²) in [7, 11) is 0. The molecule has 4 nitrogen and oxygen atoms in total. The van der Waals surface area contributed by atoms with E-state index in [0.29, 0.717) is 29.3 Å². The average Bonchev–Trinajstić information content (AvgIpc) is 3.30. The molecule has 1 aromatic heterocycles. The van der Waals surface area contributed by atoms with E-state index in [1.165, 1.54) is 0 Å². The van der Waals surface area contributed by atoms with Crippen LogP contribution in [0, 0.1) is 6.92 Å². The molecule has 0 unspecified atom stereocenters. The predicted octanol–water partition coefficient (Wildman–Crippen LogP) is 4.51. The topological polar surface area (TPSA) is 44.2 Å². The normalized spacial score (nSPS) is 14.0. The van der Waals surface area contributed by atoms with Crippen LogP contribution in [0.25, 0.3) is 0 Å². The van der Waals surface area contributed by atoms with Crippen LogP contribution in [0.4, 0.5) is 0 Å². The van der Waals surface area contributed by atoms with E-state index in [1.54, 1.807) is 0 Å². The molecule has 1 heterocycles. The highest BCUT2D eigenvalue weighted by atomic mass is 35.5. The molecule has 1 saturated carbocycles. The van der Waals surface area contributed by atoms with Crippen molar-refractivity contribution in [3.63, 3.8) is 0 Å². The van der Waals surface area contributed by atoms with Gasteiger partial charge in [0.05, 0.1) is 6.61 Å². The van der Waals surface area contributed by atoms with Gasteiger partial charge in [-0.25, -0.2) is 4.98 Å². The molecule has 1 aliphatic carbocycles. The monoisotopic (exact) mass is 304 g/mol. The van der Waals surface area contributed by atoms with Crippen molar-refractivity contribution in [3.05, 3.63) is 40.8 Å². The Bertz CT molecular complexity index is 639. The standard InChI is InChI=1S/C16H17ClN2O2/c1-3-20-12-6-8-13(9-7-12)21-16-10(2)14(17)18-15(19-16)11-4-5-11/h6-9,11H,3-5H2,1-2H3. The van der Waals surface area contributed by atoms with Gasteiger partial charge in [0.2, 0.25) is 5.88 Å². The summed E-state index contributed by atoms with van der Waals surface area (Å²) in [6, 6.07) is 7.46. The molecule has 2 aromatic rings. The summed E-state index contributed by atoms with van der Waals surface area (Å²) >= 11 is 6.17. The Hall–Kier alpha value is -1.81. The van der Waals surface area contributed by atoms with Crippen LogP contribution in [0.1, 0.15) is 37.1 Å². The van der Waals surface area contributed by atoms with Gasteiger partial charge in [-0.15, -0.1) is 0 Å². The van der Waals surface area contributed by atoms with Gasteiger partial charge in [-0.05, 0) is 51.0 Å². The van der Waals surface area contributed by atoms with Gasteiger partial charge in [0.15, 0.2) is 0 Å². The number of hydrogen-bond acceptors (Lipinski definition) is 4. The first-order valence-corrected chi connectivity index (χ1v) is 7.50. The Balaban J connectivity index is 1.83. The van der Waals surface area contributed by atoms with Crippen molar-refractivity contribution in [1.82, 2.24) is 9.97 Å². The first-order valence-electron chi connectivity index (χ1n) is 7.12. The summed E-state index contributed by atoms with van der Waals surface area (Å²) in [4.78, 5) is 8.83. The van der Waals surface area contributed by atoms with Crippen molar-refractivity contribution in [2.45, 2.75) is 32.6 Å². The minimum Gasteiger partial charge on any atom is -0.494 e. The fourth-order valence-electron chi connectivity index (χ4n) is 1.99. The molecule has 0 spiro atoms. The Morgan fingerprint density at radius 3 is 2.43 bits per heavy atom. The summed E-state index contributed by atoms with van der Waals surface area (Å²) in [5.74, 6) is 3.28.